The third-order valence-electron chi connectivity index (χ3n) is 3.31. The van der Waals surface area contributed by atoms with Crippen molar-refractivity contribution in [1.29, 1.82) is 0 Å². The molecule has 1 amide bonds. The molecule has 0 aromatic carbocycles. The fourth-order valence-corrected chi connectivity index (χ4v) is 2.11. The Balaban J connectivity index is 2.88. The van der Waals surface area contributed by atoms with Crippen molar-refractivity contribution in [2.75, 3.05) is 13.2 Å². The maximum atomic E-state index is 12.4. The summed E-state index contributed by atoms with van der Waals surface area (Å²) in [6.45, 7) is 5.09. The number of rotatable bonds is 9. The van der Waals surface area contributed by atoms with Crippen LogP contribution in [0.3, 0.4) is 0 Å². The Bertz CT molecular complexity index is 690. The lowest BCUT2D eigenvalue weighted by Crippen LogP contribution is -2.42. The first kappa shape index (κ1) is 21.0. The number of aromatic nitrogens is 1. The molecule has 0 aliphatic rings. The first-order valence-corrected chi connectivity index (χ1v) is 8.04. The minimum atomic E-state index is -1.07. The van der Waals surface area contributed by atoms with Crippen LogP contribution in [0, 0.1) is 17.0 Å². The van der Waals surface area contributed by atoms with Crippen LogP contribution in [-0.4, -0.2) is 47.0 Å². The van der Waals surface area contributed by atoms with E-state index in [0.29, 0.717) is 0 Å². The number of hydrogen-bond acceptors (Lipinski definition) is 8. The molecule has 0 saturated carbocycles. The molecule has 0 spiro atoms. The van der Waals surface area contributed by atoms with E-state index in [1.165, 1.54) is 13.0 Å². The Morgan fingerprint density at radius 1 is 1.27 bits per heavy atom. The summed E-state index contributed by atoms with van der Waals surface area (Å²) in [4.78, 5) is 49.8. The Kier molecular flexibility index (Phi) is 8.13. The van der Waals surface area contributed by atoms with Gasteiger partial charge >= 0.3 is 11.9 Å². The van der Waals surface area contributed by atoms with E-state index in [4.69, 9.17) is 9.47 Å². The van der Waals surface area contributed by atoms with Crippen molar-refractivity contribution in [3.05, 3.63) is 33.6 Å². The molecule has 1 atom stereocenters. The smallest absolute Gasteiger partial charge is 0.328 e. The summed E-state index contributed by atoms with van der Waals surface area (Å²) in [6.07, 6.45) is 0.875. The predicted molar refractivity (Wildman–Crippen MR) is 89.4 cm³/mol. The van der Waals surface area contributed by atoms with E-state index in [0.717, 1.165) is 6.20 Å². The van der Waals surface area contributed by atoms with Gasteiger partial charge in [0.2, 0.25) is 0 Å². The van der Waals surface area contributed by atoms with E-state index in [2.05, 4.69) is 10.3 Å². The Morgan fingerprint density at radius 2 is 1.92 bits per heavy atom. The second kappa shape index (κ2) is 10.1. The zero-order valence-corrected chi connectivity index (χ0v) is 14.8. The van der Waals surface area contributed by atoms with Gasteiger partial charge in [-0.2, -0.15) is 0 Å². The third kappa shape index (κ3) is 6.11. The first-order valence-electron chi connectivity index (χ1n) is 8.04. The molecular weight excluding hydrogens is 346 g/mol. The van der Waals surface area contributed by atoms with Crippen molar-refractivity contribution in [3.63, 3.8) is 0 Å². The van der Waals surface area contributed by atoms with Crippen LogP contribution in [0.2, 0.25) is 0 Å². The average Bonchev–Trinajstić information content (AvgIpc) is 2.58. The number of esters is 2. The van der Waals surface area contributed by atoms with E-state index in [9.17, 15) is 24.5 Å². The van der Waals surface area contributed by atoms with Crippen LogP contribution in [-0.2, 0) is 19.1 Å². The van der Waals surface area contributed by atoms with Crippen molar-refractivity contribution < 1.29 is 28.8 Å². The summed E-state index contributed by atoms with van der Waals surface area (Å²) >= 11 is 0. The van der Waals surface area contributed by atoms with Gasteiger partial charge in [-0.15, -0.1) is 0 Å². The Hall–Kier alpha value is -3.04. The van der Waals surface area contributed by atoms with Crippen LogP contribution in [0.4, 0.5) is 5.69 Å². The van der Waals surface area contributed by atoms with Crippen molar-refractivity contribution in [1.82, 2.24) is 10.3 Å². The minimum absolute atomic E-state index is 0.00453. The van der Waals surface area contributed by atoms with Crippen LogP contribution in [0.25, 0.3) is 0 Å². The molecule has 0 unspecified atom stereocenters. The largest absolute Gasteiger partial charge is 0.466 e. The van der Waals surface area contributed by atoms with Crippen molar-refractivity contribution in [2.45, 2.75) is 39.7 Å². The molecule has 0 saturated heterocycles. The Morgan fingerprint density at radius 3 is 2.46 bits per heavy atom. The molecule has 0 radical (unpaired) electrons. The van der Waals surface area contributed by atoms with Gasteiger partial charge in [0.1, 0.15) is 17.9 Å². The van der Waals surface area contributed by atoms with Gasteiger partial charge in [-0.05, 0) is 32.8 Å². The van der Waals surface area contributed by atoms with E-state index >= 15 is 0 Å². The number of pyridine rings is 1. The molecule has 1 N–H and O–H groups in total. The summed E-state index contributed by atoms with van der Waals surface area (Å²) in [7, 11) is 0. The van der Waals surface area contributed by atoms with Crippen LogP contribution >= 0.6 is 0 Å². The highest BCUT2D eigenvalue weighted by Crippen LogP contribution is 2.14. The zero-order valence-electron chi connectivity index (χ0n) is 14.8. The molecule has 0 bridgehead atoms. The quantitative estimate of drug-likeness (QED) is 0.391. The standard InChI is InChI=1S/C16H21N3O7/c1-4-25-13(20)7-6-12(16(22)26-5-2)18-15(21)14-10(3)8-11(9-17-14)19(23)24/h8-9,12H,4-7H2,1-3H3,(H,18,21)/t12-/m0/s1. The maximum Gasteiger partial charge on any atom is 0.328 e. The summed E-state index contributed by atoms with van der Waals surface area (Å²) in [6, 6.07) is 0.142. The maximum absolute atomic E-state index is 12.4. The minimum Gasteiger partial charge on any atom is -0.466 e. The second-order valence-corrected chi connectivity index (χ2v) is 5.24. The van der Waals surface area contributed by atoms with Gasteiger partial charge in [-0.1, -0.05) is 0 Å². The van der Waals surface area contributed by atoms with E-state index in [1.807, 2.05) is 0 Å². The van der Waals surface area contributed by atoms with E-state index in [-0.39, 0.29) is 43.0 Å². The predicted octanol–water partition coefficient (Wildman–Crippen LogP) is 1.30. The fourth-order valence-electron chi connectivity index (χ4n) is 2.11. The molecule has 1 aromatic rings. The highest BCUT2D eigenvalue weighted by Gasteiger charge is 2.25. The SMILES string of the molecule is CCOC(=O)CC[C@H](NC(=O)c1ncc([N+](=O)[O-])cc1C)C(=O)OCC. The Labute approximate surface area is 150 Å². The highest BCUT2D eigenvalue weighted by atomic mass is 16.6. The molecule has 142 valence electrons. The normalized spacial score (nSPS) is 11.3. The second-order valence-electron chi connectivity index (χ2n) is 5.24. The van der Waals surface area contributed by atoms with Gasteiger partial charge in [-0.25, -0.2) is 9.78 Å². The topological polar surface area (TPSA) is 138 Å². The van der Waals surface area contributed by atoms with Gasteiger partial charge < -0.3 is 14.8 Å². The number of carbonyl (C=O) groups excluding carboxylic acids is 3. The number of nitro groups is 1. The number of nitrogens with one attached hydrogen (secondary N) is 1. The van der Waals surface area contributed by atoms with Crippen LogP contribution in [0.1, 0.15) is 42.7 Å². The molecule has 1 rings (SSSR count). The molecule has 26 heavy (non-hydrogen) atoms. The number of carbonyl (C=O) groups is 3. The number of hydrogen-bond donors (Lipinski definition) is 1. The lowest BCUT2D eigenvalue weighted by atomic mass is 10.1. The van der Waals surface area contributed by atoms with Gasteiger partial charge in [0.25, 0.3) is 11.6 Å². The van der Waals surface area contributed by atoms with Crippen molar-refractivity contribution in [3.8, 4) is 0 Å². The third-order valence-corrected chi connectivity index (χ3v) is 3.31. The molecular formula is C16H21N3O7. The number of aryl methyl sites for hydroxylation is 1. The molecule has 1 heterocycles. The van der Waals surface area contributed by atoms with E-state index in [1.54, 1.807) is 13.8 Å². The summed E-state index contributed by atoms with van der Waals surface area (Å²) in [5, 5.41) is 13.2. The fraction of sp³-hybridized carbons (Fsp3) is 0.500. The zero-order chi connectivity index (χ0) is 19.7. The molecule has 0 aliphatic carbocycles. The number of ether oxygens (including phenoxy) is 2. The van der Waals surface area contributed by atoms with Crippen LogP contribution in [0.15, 0.2) is 12.3 Å². The molecule has 10 heteroatoms. The highest BCUT2D eigenvalue weighted by molar-refractivity contribution is 5.96. The van der Waals surface area contributed by atoms with Gasteiger partial charge in [0, 0.05) is 12.5 Å². The summed E-state index contributed by atoms with van der Waals surface area (Å²) in [5.41, 5.74) is -0.0194. The van der Waals surface area contributed by atoms with Gasteiger partial charge in [0.15, 0.2) is 0 Å². The monoisotopic (exact) mass is 367 g/mol. The number of nitrogens with zero attached hydrogens (tertiary/aromatic N) is 2. The van der Waals surface area contributed by atoms with E-state index < -0.39 is 28.8 Å². The average molecular weight is 367 g/mol. The molecule has 1 aromatic heterocycles. The summed E-state index contributed by atoms with van der Waals surface area (Å²) < 4.78 is 9.69. The van der Waals surface area contributed by atoms with Crippen LogP contribution in [0.5, 0.6) is 0 Å². The molecule has 0 aliphatic heterocycles. The number of amides is 1. The first-order chi connectivity index (χ1) is 12.3. The summed E-state index contributed by atoms with van der Waals surface area (Å²) in [5.74, 6) is -1.88. The van der Waals surface area contributed by atoms with Gasteiger partial charge in [-0.3, -0.25) is 19.7 Å². The molecule has 10 nitrogen and oxygen atoms in total. The molecule has 0 fully saturated rings. The van der Waals surface area contributed by atoms with Crippen molar-refractivity contribution >= 4 is 23.5 Å². The van der Waals surface area contributed by atoms with Gasteiger partial charge in [0.05, 0.1) is 18.1 Å². The van der Waals surface area contributed by atoms with Crippen LogP contribution < -0.4 is 5.32 Å². The lowest BCUT2D eigenvalue weighted by Gasteiger charge is -2.17. The lowest BCUT2D eigenvalue weighted by molar-refractivity contribution is -0.385. The van der Waals surface area contributed by atoms with Crippen molar-refractivity contribution in [2.24, 2.45) is 0 Å².